The lowest BCUT2D eigenvalue weighted by Crippen LogP contribution is -2.32. The number of nitrogens with one attached hydrogen (secondary N) is 1. The summed E-state index contributed by atoms with van der Waals surface area (Å²) in [7, 11) is 1.63. The van der Waals surface area contributed by atoms with E-state index in [-0.39, 0.29) is 0 Å². The number of amides is 1. The maximum absolute atomic E-state index is 11.4. The van der Waals surface area contributed by atoms with Crippen molar-refractivity contribution in [1.82, 2.24) is 5.32 Å². The van der Waals surface area contributed by atoms with E-state index in [1.807, 2.05) is 51.1 Å². The Morgan fingerprint density at radius 1 is 1.40 bits per heavy atom. The van der Waals surface area contributed by atoms with Gasteiger partial charge < -0.3 is 14.8 Å². The molecule has 1 aromatic carbocycles. The van der Waals surface area contributed by atoms with Gasteiger partial charge in [0.25, 0.3) is 0 Å². The van der Waals surface area contributed by atoms with Crippen molar-refractivity contribution in [2.24, 2.45) is 0 Å². The molecule has 1 N–H and O–H groups in total. The molecule has 0 aromatic heterocycles. The summed E-state index contributed by atoms with van der Waals surface area (Å²) in [5.74, 6) is 0.786. The molecule has 1 amide bonds. The smallest absolute Gasteiger partial charge is 0.407 e. The first-order valence-electron chi connectivity index (χ1n) is 6.29. The van der Waals surface area contributed by atoms with Crippen LogP contribution in [0.25, 0.3) is 6.08 Å². The lowest BCUT2D eigenvalue weighted by atomic mass is 10.2. The van der Waals surface area contributed by atoms with Crippen molar-refractivity contribution >= 4 is 28.1 Å². The third-order valence-corrected chi connectivity index (χ3v) is 2.87. The second-order valence-electron chi connectivity index (χ2n) is 5.18. The second-order valence-corrected chi connectivity index (χ2v) is 6.03. The van der Waals surface area contributed by atoms with Crippen molar-refractivity contribution < 1.29 is 14.3 Å². The Balaban J connectivity index is 2.46. The van der Waals surface area contributed by atoms with Crippen molar-refractivity contribution in [2.45, 2.75) is 26.4 Å². The molecule has 1 rings (SSSR count). The minimum Gasteiger partial charge on any atom is -0.496 e. The number of halogens is 1. The highest BCUT2D eigenvalue weighted by Crippen LogP contribution is 2.25. The number of rotatable bonds is 4. The number of carbonyl (C=O) groups excluding carboxylic acids is 1. The van der Waals surface area contributed by atoms with Crippen molar-refractivity contribution in [3.05, 3.63) is 34.3 Å². The fraction of sp³-hybridized carbons (Fsp3) is 0.400. The van der Waals surface area contributed by atoms with Gasteiger partial charge in [0, 0.05) is 6.54 Å². The van der Waals surface area contributed by atoms with Crippen LogP contribution >= 0.6 is 15.9 Å². The van der Waals surface area contributed by atoms with E-state index < -0.39 is 11.7 Å². The molecule has 0 aliphatic carbocycles. The van der Waals surface area contributed by atoms with Gasteiger partial charge in [0.1, 0.15) is 11.4 Å². The van der Waals surface area contributed by atoms with Crippen LogP contribution < -0.4 is 10.1 Å². The van der Waals surface area contributed by atoms with E-state index in [0.29, 0.717) is 6.54 Å². The van der Waals surface area contributed by atoms with Crippen LogP contribution in [0.1, 0.15) is 26.3 Å². The van der Waals surface area contributed by atoms with Gasteiger partial charge in [-0.3, -0.25) is 0 Å². The van der Waals surface area contributed by atoms with E-state index in [2.05, 4.69) is 21.2 Å². The highest BCUT2D eigenvalue weighted by atomic mass is 79.9. The predicted molar refractivity (Wildman–Crippen MR) is 84.0 cm³/mol. The number of carbonyl (C=O) groups is 1. The maximum Gasteiger partial charge on any atom is 0.407 e. The molecule has 0 saturated heterocycles. The number of methoxy groups -OCH3 is 1. The Hall–Kier alpha value is -1.49. The molecule has 0 aliphatic heterocycles. The number of hydrogen-bond donors (Lipinski definition) is 1. The highest BCUT2D eigenvalue weighted by Gasteiger charge is 2.14. The molecule has 1 aromatic rings. The number of alkyl carbamates (subject to hydrolysis) is 1. The van der Waals surface area contributed by atoms with Crippen LogP contribution in [-0.2, 0) is 4.74 Å². The van der Waals surface area contributed by atoms with Crippen molar-refractivity contribution in [3.63, 3.8) is 0 Å². The van der Waals surface area contributed by atoms with Crippen LogP contribution in [-0.4, -0.2) is 25.3 Å². The van der Waals surface area contributed by atoms with Gasteiger partial charge in [-0.1, -0.05) is 18.2 Å². The summed E-state index contributed by atoms with van der Waals surface area (Å²) < 4.78 is 11.2. The minimum atomic E-state index is -0.478. The van der Waals surface area contributed by atoms with Gasteiger partial charge in [-0.25, -0.2) is 4.79 Å². The molecule has 0 bridgehead atoms. The largest absolute Gasteiger partial charge is 0.496 e. The molecular weight excluding hydrogens is 322 g/mol. The fourth-order valence-corrected chi connectivity index (χ4v) is 2.00. The predicted octanol–water partition coefficient (Wildman–Crippen LogP) is 4.00. The lowest BCUT2D eigenvalue weighted by molar-refractivity contribution is 0.0534. The van der Waals surface area contributed by atoms with E-state index in [1.165, 1.54) is 0 Å². The molecule has 4 nitrogen and oxygen atoms in total. The van der Waals surface area contributed by atoms with Crippen LogP contribution in [0.5, 0.6) is 5.75 Å². The number of benzene rings is 1. The fourth-order valence-electron chi connectivity index (χ4n) is 1.44. The third-order valence-electron chi connectivity index (χ3n) is 2.25. The quantitative estimate of drug-likeness (QED) is 0.900. The van der Waals surface area contributed by atoms with E-state index >= 15 is 0 Å². The van der Waals surface area contributed by atoms with E-state index in [9.17, 15) is 4.79 Å². The van der Waals surface area contributed by atoms with E-state index in [1.54, 1.807) is 7.11 Å². The van der Waals surface area contributed by atoms with Crippen LogP contribution in [0.2, 0.25) is 0 Å². The van der Waals surface area contributed by atoms with Crippen molar-refractivity contribution in [2.75, 3.05) is 13.7 Å². The first-order valence-corrected chi connectivity index (χ1v) is 7.08. The summed E-state index contributed by atoms with van der Waals surface area (Å²) in [5.41, 5.74) is 0.540. The number of ether oxygens (including phenoxy) is 2. The van der Waals surface area contributed by atoms with Crippen molar-refractivity contribution in [1.29, 1.82) is 0 Å². The van der Waals surface area contributed by atoms with Gasteiger partial charge in [0.2, 0.25) is 0 Å². The molecule has 0 unspecified atom stereocenters. The molecule has 0 aliphatic rings. The summed E-state index contributed by atoms with van der Waals surface area (Å²) >= 11 is 3.42. The normalized spacial score (nSPS) is 11.4. The van der Waals surface area contributed by atoms with Crippen LogP contribution in [0.3, 0.4) is 0 Å². The summed E-state index contributed by atoms with van der Waals surface area (Å²) in [4.78, 5) is 11.4. The topological polar surface area (TPSA) is 47.6 Å². The standard InChI is InChI=1S/C15H20BrNO3/c1-15(2,3)20-14(18)17-9-5-6-11-7-8-13(19-4)12(16)10-11/h5-8,10H,9H2,1-4H3,(H,17,18). The summed E-state index contributed by atoms with van der Waals surface area (Å²) in [6, 6.07) is 5.77. The Morgan fingerprint density at radius 3 is 2.65 bits per heavy atom. The summed E-state index contributed by atoms with van der Waals surface area (Å²) in [6.07, 6.45) is 3.36. The molecule has 0 fully saturated rings. The zero-order valence-electron chi connectivity index (χ0n) is 12.2. The molecule has 20 heavy (non-hydrogen) atoms. The van der Waals surface area contributed by atoms with Gasteiger partial charge in [0.05, 0.1) is 11.6 Å². The average molecular weight is 342 g/mol. The Kier molecular flexibility index (Phi) is 6.07. The van der Waals surface area contributed by atoms with Gasteiger partial charge >= 0.3 is 6.09 Å². The molecule has 0 saturated carbocycles. The Bertz CT molecular complexity index is 492. The van der Waals surface area contributed by atoms with Gasteiger partial charge in [0.15, 0.2) is 0 Å². The number of hydrogen-bond acceptors (Lipinski definition) is 3. The first-order chi connectivity index (χ1) is 9.31. The summed E-state index contributed by atoms with van der Waals surface area (Å²) in [5, 5.41) is 2.66. The molecule has 0 spiro atoms. The van der Waals surface area contributed by atoms with Crippen molar-refractivity contribution in [3.8, 4) is 5.75 Å². The molecule has 0 radical (unpaired) electrons. The molecule has 0 heterocycles. The average Bonchev–Trinajstić information content (AvgIpc) is 2.33. The third kappa shape index (κ3) is 6.10. The Morgan fingerprint density at radius 2 is 2.10 bits per heavy atom. The van der Waals surface area contributed by atoms with E-state index in [4.69, 9.17) is 9.47 Å². The second kappa shape index (κ2) is 7.33. The zero-order chi connectivity index (χ0) is 15.2. The summed E-state index contributed by atoms with van der Waals surface area (Å²) in [6.45, 7) is 5.91. The molecule has 5 heteroatoms. The monoisotopic (exact) mass is 341 g/mol. The molecule has 110 valence electrons. The molecular formula is C15H20BrNO3. The Labute approximate surface area is 128 Å². The molecule has 0 atom stereocenters. The maximum atomic E-state index is 11.4. The van der Waals surface area contributed by atoms with Crippen LogP contribution in [0, 0.1) is 0 Å². The first kappa shape index (κ1) is 16.6. The van der Waals surface area contributed by atoms with Gasteiger partial charge in [-0.15, -0.1) is 0 Å². The minimum absolute atomic E-state index is 0.415. The zero-order valence-corrected chi connectivity index (χ0v) is 13.8. The van der Waals surface area contributed by atoms with Crippen LogP contribution in [0.15, 0.2) is 28.7 Å². The SMILES string of the molecule is COc1ccc(C=CCNC(=O)OC(C)(C)C)cc1Br. The lowest BCUT2D eigenvalue weighted by Gasteiger charge is -2.19. The van der Waals surface area contributed by atoms with E-state index in [0.717, 1.165) is 15.8 Å². The highest BCUT2D eigenvalue weighted by molar-refractivity contribution is 9.10. The van der Waals surface area contributed by atoms with Gasteiger partial charge in [-0.05, 0) is 54.4 Å². The van der Waals surface area contributed by atoms with Crippen LogP contribution in [0.4, 0.5) is 4.79 Å². The van der Waals surface area contributed by atoms with Gasteiger partial charge in [-0.2, -0.15) is 0 Å².